The normalized spacial score (nSPS) is 12.3. The minimum absolute atomic E-state index is 0.0737. The molecule has 0 aliphatic carbocycles. The van der Waals surface area contributed by atoms with E-state index < -0.39 is 34.1 Å². The van der Waals surface area contributed by atoms with E-state index in [-0.39, 0.29) is 23.1 Å². The van der Waals surface area contributed by atoms with Gasteiger partial charge in [-0.2, -0.15) is 0 Å². The van der Waals surface area contributed by atoms with Crippen molar-refractivity contribution in [1.29, 1.82) is 0 Å². The van der Waals surface area contributed by atoms with Crippen molar-refractivity contribution >= 4 is 27.5 Å². The minimum Gasteiger partial charge on any atom is -0.493 e. The average molecular weight is 582 g/mol. The number of anilines is 1. The number of aryl methyl sites for hydroxylation is 1. The Morgan fingerprint density at radius 2 is 1.51 bits per heavy atom. The summed E-state index contributed by atoms with van der Waals surface area (Å²) >= 11 is 0. The molecule has 1 atom stereocenters. The van der Waals surface area contributed by atoms with E-state index in [9.17, 15) is 18.0 Å². The number of rotatable bonds is 11. The topological polar surface area (TPSA) is 105 Å². The zero-order valence-electron chi connectivity index (χ0n) is 24.7. The van der Waals surface area contributed by atoms with Gasteiger partial charge in [0.2, 0.25) is 11.8 Å². The highest BCUT2D eigenvalue weighted by atomic mass is 32.2. The highest BCUT2D eigenvalue weighted by Gasteiger charge is 2.33. The van der Waals surface area contributed by atoms with E-state index in [4.69, 9.17) is 9.47 Å². The van der Waals surface area contributed by atoms with E-state index in [1.165, 1.54) is 37.3 Å². The van der Waals surface area contributed by atoms with Crippen molar-refractivity contribution in [3.8, 4) is 11.5 Å². The van der Waals surface area contributed by atoms with Crippen LogP contribution in [0.4, 0.5) is 5.69 Å². The molecule has 0 aliphatic rings. The molecule has 0 aromatic heterocycles. The third kappa shape index (κ3) is 8.00. The van der Waals surface area contributed by atoms with Gasteiger partial charge in [-0.3, -0.25) is 13.9 Å². The molecule has 41 heavy (non-hydrogen) atoms. The summed E-state index contributed by atoms with van der Waals surface area (Å²) < 4.78 is 39.7. The van der Waals surface area contributed by atoms with E-state index >= 15 is 0 Å². The van der Waals surface area contributed by atoms with Crippen molar-refractivity contribution < 1.29 is 27.5 Å². The molecule has 0 saturated carbocycles. The molecule has 0 bridgehead atoms. The Morgan fingerprint density at radius 1 is 0.902 bits per heavy atom. The SMILES string of the molecule is COc1ccc(S(=O)(=O)N(CC(=O)N(Cc2ccc(C)cc2)[C@H](C)C(=O)NC(C)(C)C)c2ccccc2)cc1OC. The molecule has 3 aromatic carbocycles. The van der Waals surface area contributed by atoms with Crippen LogP contribution in [0.3, 0.4) is 0 Å². The number of carbonyl (C=O) groups excluding carboxylic acids is 2. The quantitative estimate of drug-likeness (QED) is 0.357. The number of benzene rings is 3. The van der Waals surface area contributed by atoms with Crippen LogP contribution in [0.15, 0.2) is 77.7 Å². The van der Waals surface area contributed by atoms with Crippen LogP contribution in [0.2, 0.25) is 0 Å². The summed E-state index contributed by atoms with van der Waals surface area (Å²) in [6.45, 7) is 8.77. The lowest BCUT2D eigenvalue weighted by molar-refractivity contribution is -0.140. The van der Waals surface area contributed by atoms with E-state index in [1.54, 1.807) is 37.3 Å². The number of ether oxygens (including phenoxy) is 2. The Balaban J connectivity index is 2.04. The van der Waals surface area contributed by atoms with Gasteiger partial charge in [0.05, 0.1) is 24.8 Å². The first-order chi connectivity index (χ1) is 19.3. The first kappa shape index (κ1) is 31.5. The third-order valence-electron chi connectivity index (χ3n) is 6.41. The fourth-order valence-electron chi connectivity index (χ4n) is 4.17. The molecule has 1 N–H and O–H groups in total. The van der Waals surface area contributed by atoms with Crippen LogP contribution in [0.1, 0.15) is 38.8 Å². The number of sulfonamides is 1. The van der Waals surface area contributed by atoms with Crippen molar-refractivity contribution in [3.63, 3.8) is 0 Å². The number of amides is 2. The minimum atomic E-state index is -4.24. The van der Waals surface area contributed by atoms with Crippen LogP contribution in [0.25, 0.3) is 0 Å². The molecular weight excluding hydrogens is 542 g/mol. The van der Waals surface area contributed by atoms with Crippen LogP contribution in [0, 0.1) is 6.92 Å². The van der Waals surface area contributed by atoms with Crippen LogP contribution in [-0.4, -0.2) is 57.5 Å². The van der Waals surface area contributed by atoms with Gasteiger partial charge < -0.3 is 19.7 Å². The maximum atomic E-state index is 14.0. The second-order valence-corrected chi connectivity index (χ2v) is 12.6. The molecule has 220 valence electrons. The van der Waals surface area contributed by atoms with Crippen LogP contribution < -0.4 is 19.1 Å². The number of hydrogen-bond acceptors (Lipinski definition) is 6. The monoisotopic (exact) mass is 581 g/mol. The van der Waals surface area contributed by atoms with Crippen molar-refractivity contribution in [2.24, 2.45) is 0 Å². The summed E-state index contributed by atoms with van der Waals surface area (Å²) in [5.41, 5.74) is 1.66. The first-order valence-corrected chi connectivity index (χ1v) is 14.7. The molecule has 2 amide bonds. The lowest BCUT2D eigenvalue weighted by atomic mass is 10.1. The summed E-state index contributed by atoms with van der Waals surface area (Å²) in [5, 5.41) is 2.92. The zero-order chi connectivity index (χ0) is 30.4. The van der Waals surface area contributed by atoms with E-state index in [0.717, 1.165) is 15.4 Å². The number of nitrogens with one attached hydrogen (secondary N) is 1. The van der Waals surface area contributed by atoms with E-state index in [1.807, 2.05) is 52.0 Å². The van der Waals surface area contributed by atoms with Gasteiger partial charge in [-0.05, 0) is 64.4 Å². The average Bonchev–Trinajstić information content (AvgIpc) is 2.94. The van der Waals surface area contributed by atoms with Crippen molar-refractivity contribution in [2.45, 2.75) is 57.6 Å². The molecule has 3 aromatic rings. The fraction of sp³-hybridized carbons (Fsp3) is 0.355. The molecule has 0 saturated heterocycles. The maximum absolute atomic E-state index is 14.0. The molecule has 0 radical (unpaired) electrons. The summed E-state index contributed by atoms with van der Waals surface area (Å²) in [6, 6.07) is 19.4. The van der Waals surface area contributed by atoms with Gasteiger partial charge in [0, 0.05) is 18.2 Å². The Hall–Kier alpha value is -4.05. The van der Waals surface area contributed by atoms with Gasteiger partial charge in [0.1, 0.15) is 12.6 Å². The number of methoxy groups -OCH3 is 2. The van der Waals surface area contributed by atoms with Crippen LogP contribution in [-0.2, 0) is 26.2 Å². The van der Waals surface area contributed by atoms with Gasteiger partial charge in [0.25, 0.3) is 10.0 Å². The lowest BCUT2D eigenvalue weighted by Gasteiger charge is -2.33. The Bertz CT molecular complexity index is 1450. The maximum Gasteiger partial charge on any atom is 0.264 e. The predicted octanol–water partition coefficient (Wildman–Crippen LogP) is 4.54. The van der Waals surface area contributed by atoms with E-state index in [0.29, 0.717) is 11.4 Å². The van der Waals surface area contributed by atoms with Crippen molar-refractivity contribution in [1.82, 2.24) is 10.2 Å². The molecule has 9 nitrogen and oxygen atoms in total. The van der Waals surface area contributed by atoms with Crippen molar-refractivity contribution in [3.05, 3.63) is 83.9 Å². The number of carbonyl (C=O) groups is 2. The summed E-state index contributed by atoms with van der Waals surface area (Å²) in [5.74, 6) is -0.264. The summed E-state index contributed by atoms with van der Waals surface area (Å²) in [6.07, 6.45) is 0. The van der Waals surface area contributed by atoms with E-state index in [2.05, 4.69) is 5.32 Å². The Morgan fingerprint density at radius 3 is 2.07 bits per heavy atom. The fourth-order valence-corrected chi connectivity index (χ4v) is 5.60. The third-order valence-corrected chi connectivity index (χ3v) is 8.17. The van der Waals surface area contributed by atoms with Crippen molar-refractivity contribution in [2.75, 3.05) is 25.1 Å². The number of nitrogens with zero attached hydrogens (tertiary/aromatic N) is 2. The van der Waals surface area contributed by atoms with Gasteiger partial charge in [-0.1, -0.05) is 48.0 Å². The van der Waals surface area contributed by atoms with Gasteiger partial charge >= 0.3 is 0 Å². The largest absolute Gasteiger partial charge is 0.493 e. The second-order valence-electron chi connectivity index (χ2n) is 10.8. The highest BCUT2D eigenvalue weighted by molar-refractivity contribution is 7.92. The smallest absolute Gasteiger partial charge is 0.264 e. The van der Waals surface area contributed by atoms with Gasteiger partial charge in [0.15, 0.2) is 11.5 Å². The Kier molecular flexibility index (Phi) is 10.0. The highest BCUT2D eigenvalue weighted by Crippen LogP contribution is 2.32. The zero-order valence-corrected chi connectivity index (χ0v) is 25.5. The van der Waals surface area contributed by atoms with Gasteiger partial charge in [-0.25, -0.2) is 8.42 Å². The standard InChI is InChI=1S/C31H39N3O6S/c1-22-13-15-24(16-14-22)20-33(23(2)30(36)32-31(3,4)5)29(35)21-34(25-11-9-8-10-12-25)41(37,38)26-17-18-27(39-6)28(19-26)40-7/h8-19,23H,20-21H2,1-7H3,(H,32,36)/t23-/m1/s1. The molecule has 0 fully saturated rings. The molecule has 3 rings (SSSR count). The Labute approximate surface area is 243 Å². The van der Waals surface area contributed by atoms with Gasteiger partial charge in [-0.15, -0.1) is 0 Å². The number of para-hydroxylation sites is 1. The number of hydrogen-bond donors (Lipinski definition) is 1. The van der Waals surface area contributed by atoms with Crippen LogP contribution in [0.5, 0.6) is 11.5 Å². The lowest BCUT2D eigenvalue weighted by Crippen LogP contribution is -2.54. The molecule has 10 heteroatoms. The molecule has 0 heterocycles. The summed E-state index contributed by atoms with van der Waals surface area (Å²) in [4.78, 5) is 28.5. The molecule has 0 spiro atoms. The first-order valence-electron chi connectivity index (χ1n) is 13.2. The molecular formula is C31H39N3O6S. The van der Waals surface area contributed by atoms with Crippen LogP contribution >= 0.6 is 0 Å². The molecule has 0 aliphatic heterocycles. The predicted molar refractivity (Wildman–Crippen MR) is 160 cm³/mol. The summed E-state index contributed by atoms with van der Waals surface area (Å²) in [7, 11) is -1.37. The second kappa shape index (κ2) is 13.1. The molecule has 0 unspecified atom stereocenters.